The van der Waals surface area contributed by atoms with Gasteiger partial charge in [0.1, 0.15) is 4.32 Å². The SMILES string of the molecule is CC1(C)C[C@H]2[C@@H]([C@H]1O[Si](C)(C)C)[C@@]1(C)C(=CC(=O)[C@]1(Br)CO)[C@H]2O[Si](C)(C)C. The third-order valence-electron chi connectivity index (χ3n) is 6.96. The Bertz CT molecular complexity index is 708. The Labute approximate surface area is 180 Å². The molecule has 0 radical (unpaired) electrons. The van der Waals surface area contributed by atoms with Gasteiger partial charge in [0.05, 0.1) is 18.8 Å². The van der Waals surface area contributed by atoms with Crippen LogP contribution in [0.1, 0.15) is 27.2 Å². The van der Waals surface area contributed by atoms with Gasteiger partial charge in [0, 0.05) is 11.3 Å². The van der Waals surface area contributed by atoms with Crippen LogP contribution in [-0.2, 0) is 13.6 Å². The number of carbonyl (C=O) groups excluding carboxylic acids is 1. The van der Waals surface area contributed by atoms with Gasteiger partial charge >= 0.3 is 0 Å². The molecule has 0 aromatic rings. The van der Waals surface area contributed by atoms with E-state index in [0.29, 0.717) is 5.92 Å². The summed E-state index contributed by atoms with van der Waals surface area (Å²) in [5.74, 6) is 0.405. The third kappa shape index (κ3) is 3.28. The minimum absolute atomic E-state index is 0.000205. The number of hydrogen-bond donors (Lipinski definition) is 1. The number of aliphatic hydroxyl groups is 1. The molecule has 6 atom stereocenters. The lowest BCUT2D eigenvalue weighted by atomic mass is 9.66. The van der Waals surface area contributed by atoms with Crippen LogP contribution in [0.25, 0.3) is 0 Å². The normalized spacial score (nSPS) is 42.5. The smallest absolute Gasteiger partial charge is 0.184 e. The molecule has 0 aliphatic heterocycles. The lowest BCUT2D eigenvalue weighted by molar-refractivity contribution is -0.120. The van der Waals surface area contributed by atoms with Crippen LogP contribution in [-0.4, -0.2) is 50.7 Å². The van der Waals surface area contributed by atoms with E-state index in [1.165, 1.54) is 0 Å². The molecule has 2 fully saturated rings. The summed E-state index contributed by atoms with van der Waals surface area (Å²) < 4.78 is 12.5. The minimum atomic E-state index is -1.83. The minimum Gasteiger partial charge on any atom is -0.414 e. The van der Waals surface area contributed by atoms with Gasteiger partial charge in [0.25, 0.3) is 0 Å². The Kier molecular flexibility index (Phi) is 5.39. The molecule has 1 N–H and O–H groups in total. The van der Waals surface area contributed by atoms with E-state index in [2.05, 4.69) is 76.0 Å². The molecule has 0 saturated heterocycles. The third-order valence-corrected chi connectivity index (χ3v) is 10.3. The van der Waals surface area contributed by atoms with Gasteiger partial charge in [-0.3, -0.25) is 4.79 Å². The molecule has 3 aliphatic carbocycles. The lowest BCUT2D eigenvalue weighted by Crippen LogP contribution is -2.54. The highest BCUT2D eigenvalue weighted by Gasteiger charge is 2.74. The zero-order valence-corrected chi connectivity index (χ0v) is 22.4. The topological polar surface area (TPSA) is 55.8 Å². The van der Waals surface area contributed by atoms with Crippen LogP contribution >= 0.6 is 15.9 Å². The van der Waals surface area contributed by atoms with E-state index in [0.717, 1.165) is 12.0 Å². The molecular formula is C21H37BrO4Si2. The number of aliphatic hydroxyl groups excluding tert-OH is 1. The summed E-state index contributed by atoms with van der Waals surface area (Å²) in [7, 11) is -3.64. The summed E-state index contributed by atoms with van der Waals surface area (Å²) in [5, 5.41) is 10.3. The second kappa shape index (κ2) is 6.60. The van der Waals surface area contributed by atoms with Gasteiger partial charge in [-0.2, -0.15) is 0 Å². The van der Waals surface area contributed by atoms with Gasteiger partial charge < -0.3 is 14.0 Å². The molecule has 160 valence electrons. The van der Waals surface area contributed by atoms with Crippen molar-refractivity contribution in [3.63, 3.8) is 0 Å². The molecule has 0 spiro atoms. The van der Waals surface area contributed by atoms with Crippen LogP contribution in [0.5, 0.6) is 0 Å². The standard InChI is InChI=1S/C21H37BrO4Si2/c1-19(2)11-13-16(18(19)26-28(7,8)9)20(3)14(17(13)25-27(4,5)6)10-15(24)21(20,22)12-23/h10,13,16-18,23H,11-12H2,1-9H3/t13-,16-,17-,18+,20+,21+/m0/s1. The summed E-state index contributed by atoms with van der Waals surface area (Å²) in [5.41, 5.74) is 0.562. The van der Waals surface area contributed by atoms with Gasteiger partial charge in [-0.25, -0.2) is 0 Å². The molecule has 28 heavy (non-hydrogen) atoms. The Morgan fingerprint density at radius 1 is 1.11 bits per heavy atom. The van der Waals surface area contributed by atoms with Crippen molar-refractivity contribution in [2.45, 2.75) is 83.0 Å². The first-order valence-electron chi connectivity index (χ1n) is 10.4. The molecule has 0 heterocycles. The zero-order valence-electron chi connectivity index (χ0n) is 18.9. The first-order valence-corrected chi connectivity index (χ1v) is 18.0. The second-order valence-corrected chi connectivity index (χ2v) is 22.1. The maximum absolute atomic E-state index is 13.0. The van der Waals surface area contributed by atoms with Crippen molar-refractivity contribution in [1.82, 2.24) is 0 Å². The van der Waals surface area contributed by atoms with Crippen molar-refractivity contribution in [3.05, 3.63) is 11.6 Å². The molecule has 0 bridgehead atoms. The lowest BCUT2D eigenvalue weighted by Gasteiger charge is -2.46. The van der Waals surface area contributed by atoms with Gasteiger partial charge in [-0.1, -0.05) is 36.7 Å². The van der Waals surface area contributed by atoms with Crippen molar-refractivity contribution >= 4 is 38.3 Å². The van der Waals surface area contributed by atoms with Crippen LogP contribution in [0.15, 0.2) is 11.6 Å². The number of allylic oxidation sites excluding steroid dienone is 1. The summed E-state index contributed by atoms with van der Waals surface area (Å²) in [6.45, 7) is 19.8. The fraction of sp³-hybridized carbons (Fsp3) is 0.857. The number of rotatable bonds is 5. The van der Waals surface area contributed by atoms with Gasteiger partial charge in [0.15, 0.2) is 22.4 Å². The van der Waals surface area contributed by atoms with E-state index in [1.54, 1.807) is 6.08 Å². The average Bonchev–Trinajstić information content (AvgIpc) is 2.96. The second-order valence-electron chi connectivity index (χ2n) is 11.8. The van der Waals surface area contributed by atoms with Gasteiger partial charge in [-0.15, -0.1) is 0 Å². The van der Waals surface area contributed by atoms with Crippen LogP contribution in [0, 0.1) is 22.7 Å². The number of ketones is 1. The number of carbonyl (C=O) groups is 1. The van der Waals surface area contributed by atoms with Crippen LogP contribution < -0.4 is 0 Å². The predicted molar refractivity (Wildman–Crippen MR) is 122 cm³/mol. The maximum Gasteiger partial charge on any atom is 0.184 e. The molecule has 7 heteroatoms. The van der Waals surface area contributed by atoms with Gasteiger partial charge in [-0.05, 0) is 68.7 Å². The zero-order chi connectivity index (χ0) is 21.5. The van der Waals surface area contributed by atoms with E-state index in [1.807, 2.05) is 0 Å². The summed E-state index contributed by atoms with van der Waals surface area (Å²) in [6, 6.07) is 0. The monoisotopic (exact) mass is 488 g/mol. The number of halogens is 1. The molecule has 2 saturated carbocycles. The van der Waals surface area contributed by atoms with Crippen molar-refractivity contribution in [3.8, 4) is 0 Å². The van der Waals surface area contributed by atoms with E-state index in [9.17, 15) is 9.90 Å². The first kappa shape index (κ1) is 22.9. The van der Waals surface area contributed by atoms with Crippen molar-refractivity contribution in [1.29, 1.82) is 0 Å². The molecule has 0 unspecified atom stereocenters. The summed E-state index contributed by atoms with van der Waals surface area (Å²) in [4.78, 5) is 13.0. The highest BCUT2D eigenvalue weighted by molar-refractivity contribution is 9.10. The molecule has 3 aliphatic rings. The fourth-order valence-electron chi connectivity index (χ4n) is 5.93. The van der Waals surface area contributed by atoms with Crippen LogP contribution in [0.3, 0.4) is 0 Å². The van der Waals surface area contributed by atoms with Crippen LogP contribution in [0.4, 0.5) is 0 Å². The quantitative estimate of drug-likeness (QED) is 0.448. The Morgan fingerprint density at radius 3 is 2.11 bits per heavy atom. The summed E-state index contributed by atoms with van der Waals surface area (Å²) >= 11 is 3.72. The molecule has 0 amide bonds. The van der Waals surface area contributed by atoms with E-state index in [-0.39, 0.29) is 35.9 Å². The average molecular weight is 490 g/mol. The number of alkyl halides is 1. The Hall–Kier alpha value is 0.204. The molecule has 4 nitrogen and oxygen atoms in total. The van der Waals surface area contributed by atoms with E-state index in [4.69, 9.17) is 8.85 Å². The Morgan fingerprint density at radius 2 is 1.64 bits per heavy atom. The number of fused-ring (bicyclic) bond motifs is 3. The largest absolute Gasteiger partial charge is 0.414 e. The molecule has 3 rings (SSSR count). The van der Waals surface area contributed by atoms with Crippen LogP contribution in [0.2, 0.25) is 39.3 Å². The van der Waals surface area contributed by atoms with Gasteiger partial charge in [0.2, 0.25) is 0 Å². The highest BCUT2D eigenvalue weighted by Crippen LogP contribution is 2.70. The molecular weight excluding hydrogens is 452 g/mol. The van der Waals surface area contributed by atoms with Crippen molar-refractivity contribution < 1.29 is 18.8 Å². The van der Waals surface area contributed by atoms with E-state index >= 15 is 0 Å². The van der Waals surface area contributed by atoms with Crippen molar-refractivity contribution in [2.75, 3.05) is 6.61 Å². The molecule has 0 aromatic carbocycles. The van der Waals surface area contributed by atoms with E-state index < -0.39 is 26.4 Å². The highest BCUT2D eigenvalue weighted by atomic mass is 79.9. The molecule has 0 aromatic heterocycles. The van der Waals surface area contributed by atoms with Crippen molar-refractivity contribution in [2.24, 2.45) is 22.7 Å². The predicted octanol–water partition coefficient (Wildman–Crippen LogP) is 4.74. The fourth-order valence-corrected chi connectivity index (χ4v) is 8.83. The summed E-state index contributed by atoms with van der Waals surface area (Å²) in [6.07, 6.45) is 2.76. The Balaban J connectivity index is 2.17. The number of hydrogen-bond acceptors (Lipinski definition) is 4. The maximum atomic E-state index is 13.0. The first-order chi connectivity index (χ1) is 12.5.